The van der Waals surface area contributed by atoms with Crippen molar-refractivity contribution in [2.75, 3.05) is 0 Å². The van der Waals surface area contributed by atoms with Gasteiger partial charge in [0.2, 0.25) is 0 Å². The fraction of sp³-hybridized carbons (Fsp3) is 1.00. The quantitative estimate of drug-likeness (QED) is 0.578. The van der Waals surface area contributed by atoms with Crippen molar-refractivity contribution in [3.63, 3.8) is 0 Å². The Morgan fingerprint density at radius 1 is 0.667 bits per heavy atom. The van der Waals surface area contributed by atoms with Crippen molar-refractivity contribution in [2.24, 2.45) is 29.6 Å². The van der Waals surface area contributed by atoms with Gasteiger partial charge in [0.05, 0.1) is 0 Å². The molecule has 0 saturated heterocycles. The highest BCUT2D eigenvalue weighted by molar-refractivity contribution is 4.89. The first-order valence-corrected chi connectivity index (χ1v) is 8.86. The van der Waals surface area contributed by atoms with E-state index in [1.807, 2.05) is 0 Å². The summed E-state index contributed by atoms with van der Waals surface area (Å²) in [6.07, 6.45) is 18.6. The van der Waals surface area contributed by atoms with E-state index in [9.17, 15) is 0 Å². The van der Waals surface area contributed by atoms with Crippen LogP contribution in [-0.2, 0) is 0 Å². The minimum atomic E-state index is 1.04. The second-order valence-corrected chi connectivity index (χ2v) is 7.56. The molecule has 0 spiro atoms. The second-order valence-electron chi connectivity index (χ2n) is 7.56. The molecule has 0 radical (unpaired) electrons. The zero-order valence-electron chi connectivity index (χ0n) is 12.4. The molecule has 0 N–H and O–H groups in total. The molecule has 0 aromatic rings. The topological polar surface area (TPSA) is 0 Å². The third-order valence-corrected chi connectivity index (χ3v) is 6.70. The van der Waals surface area contributed by atoms with Gasteiger partial charge in [-0.15, -0.1) is 0 Å². The Morgan fingerprint density at radius 2 is 1.33 bits per heavy atom. The molecule has 104 valence electrons. The van der Waals surface area contributed by atoms with Crippen LogP contribution in [0.3, 0.4) is 0 Å². The number of hydrogen-bond donors (Lipinski definition) is 0. The van der Waals surface area contributed by atoms with Crippen LogP contribution in [0.5, 0.6) is 0 Å². The van der Waals surface area contributed by atoms with Crippen LogP contribution in [0.15, 0.2) is 0 Å². The third-order valence-electron chi connectivity index (χ3n) is 6.70. The van der Waals surface area contributed by atoms with E-state index in [-0.39, 0.29) is 0 Å². The molecule has 18 heavy (non-hydrogen) atoms. The predicted molar refractivity (Wildman–Crippen MR) is 78.5 cm³/mol. The summed E-state index contributed by atoms with van der Waals surface area (Å²) in [6, 6.07) is 0. The molecular weight excluding hydrogens is 216 g/mol. The van der Waals surface area contributed by atoms with E-state index in [2.05, 4.69) is 6.92 Å². The Labute approximate surface area is 114 Å². The fourth-order valence-corrected chi connectivity index (χ4v) is 5.65. The molecule has 0 nitrogen and oxygen atoms in total. The average molecular weight is 248 g/mol. The lowest BCUT2D eigenvalue weighted by atomic mass is 9.59. The van der Waals surface area contributed by atoms with Crippen LogP contribution in [0.4, 0.5) is 0 Å². The standard InChI is InChI=1S/C18H32/c1-14(15-8-3-2-4-9-15)17-13-7-11-16-10-5-6-12-18(16)17/h14-18H,2-13H2,1H3/t14?,16-,17?,18+/m1/s1. The Balaban J connectivity index is 1.65. The molecule has 4 atom stereocenters. The SMILES string of the molecule is CC(C1CCCCC1)C1CCC[C@H]2CCCC[C@H]12. The van der Waals surface area contributed by atoms with Gasteiger partial charge in [0.1, 0.15) is 0 Å². The molecule has 0 aliphatic heterocycles. The average Bonchev–Trinajstić information content (AvgIpc) is 2.47. The molecule has 3 aliphatic carbocycles. The van der Waals surface area contributed by atoms with Crippen LogP contribution in [0.25, 0.3) is 0 Å². The second kappa shape index (κ2) is 5.97. The van der Waals surface area contributed by atoms with Gasteiger partial charge in [0.25, 0.3) is 0 Å². The van der Waals surface area contributed by atoms with Gasteiger partial charge in [0.15, 0.2) is 0 Å². The lowest BCUT2D eigenvalue weighted by molar-refractivity contribution is 0.0400. The fourth-order valence-electron chi connectivity index (χ4n) is 5.65. The van der Waals surface area contributed by atoms with E-state index >= 15 is 0 Å². The summed E-state index contributed by atoms with van der Waals surface area (Å²) in [5, 5.41) is 0. The molecule has 0 amide bonds. The van der Waals surface area contributed by atoms with Crippen LogP contribution in [0.1, 0.15) is 84.0 Å². The van der Waals surface area contributed by atoms with Gasteiger partial charge in [-0.3, -0.25) is 0 Å². The minimum absolute atomic E-state index is 1.04. The van der Waals surface area contributed by atoms with Gasteiger partial charge in [-0.2, -0.15) is 0 Å². The normalized spacial score (nSPS) is 40.2. The third kappa shape index (κ3) is 2.63. The summed E-state index contributed by atoms with van der Waals surface area (Å²) < 4.78 is 0. The lowest BCUT2D eigenvalue weighted by Crippen LogP contribution is -2.37. The van der Waals surface area contributed by atoms with E-state index in [1.165, 1.54) is 32.1 Å². The van der Waals surface area contributed by atoms with Crippen molar-refractivity contribution >= 4 is 0 Å². The molecule has 0 heteroatoms. The van der Waals surface area contributed by atoms with E-state index in [0.717, 1.165) is 29.6 Å². The maximum atomic E-state index is 2.62. The van der Waals surface area contributed by atoms with Crippen LogP contribution in [-0.4, -0.2) is 0 Å². The predicted octanol–water partition coefficient (Wildman–Crippen LogP) is 5.81. The molecule has 0 bridgehead atoms. The first-order valence-electron chi connectivity index (χ1n) is 8.86. The smallest absolute Gasteiger partial charge is 0.0355 e. The highest BCUT2D eigenvalue weighted by Crippen LogP contribution is 2.49. The van der Waals surface area contributed by atoms with Gasteiger partial charge in [0, 0.05) is 0 Å². The maximum Gasteiger partial charge on any atom is -0.0355 e. The molecule has 0 heterocycles. The Morgan fingerprint density at radius 3 is 2.17 bits per heavy atom. The molecular formula is C18H32. The van der Waals surface area contributed by atoms with E-state index < -0.39 is 0 Å². The van der Waals surface area contributed by atoms with Crippen LogP contribution in [0.2, 0.25) is 0 Å². The number of hydrogen-bond acceptors (Lipinski definition) is 0. The van der Waals surface area contributed by atoms with Gasteiger partial charge in [-0.05, 0) is 42.4 Å². The Hall–Kier alpha value is 0. The summed E-state index contributed by atoms with van der Waals surface area (Å²) in [6.45, 7) is 2.62. The summed E-state index contributed by atoms with van der Waals surface area (Å²) in [5.74, 6) is 5.49. The van der Waals surface area contributed by atoms with E-state index in [1.54, 1.807) is 44.9 Å². The van der Waals surface area contributed by atoms with Gasteiger partial charge >= 0.3 is 0 Å². The molecule has 0 aromatic heterocycles. The van der Waals surface area contributed by atoms with Crippen molar-refractivity contribution in [1.29, 1.82) is 0 Å². The maximum absolute atomic E-state index is 2.62. The van der Waals surface area contributed by atoms with Crippen molar-refractivity contribution in [3.05, 3.63) is 0 Å². The summed E-state index contributed by atoms with van der Waals surface area (Å²) in [5.41, 5.74) is 0. The highest BCUT2D eigenvalue weighted by atomic mass is 14.4. The molecule has 3 aliphatic rings. The summed E-state index contributed by atoms with van der Waals surface area (Å²) in [4.78, 5) is 0. The van der Waals surface area contributed by atoms with E-state index in [0.29, 0.717) is 0 Å². The lowest BCUT2D eigenvalue weighted by Gasteiger charge is -2.46. The zero-order chi connectivity index (χ0) is 12.4. The minimum Gasteiger partial charge on any atom is -0.0620 e. The summed E-state index contributed by atoms with van der Waals surface area (Å²) in [7, 11) is 0. The van der Waals surface area contributed by atoms with Gasteiger partial charge in [-0.1, -0.05) is 71.1 Å². The first kappa shape index (κ1) is 13.0. The van der Waals surface area contributed by atoms with Gasteiger partial charge < -0.3 is 0 Å². The number of fused-ring (bicyclic) bond motifs is 1. The highest BCUT2D eigenvalue weighted by Gasteiger charge is 2.39. The number of rotatable bonds is 2. The van der Waals surface area contributed by atoms with Crippen molar-refractivity contribution in [1.82, 2.24) is 0 Å². The summed E-state index contributed by atoms with van der Waals surface area (Å²) >= 11 is 0. The van der Waals surface area contributed by atoms with Crippen LogP contribution >= 0.6 is 0 Å². The van der Waals surface area contributed by atoms with Gasteiger partial charge in [-0.25, -0.2) is 0 Å². The molecule has 3 saturated carbocycles. The zero-order valence-corrected chi connectivity index (χ0v) is 12.4. The van der Waals surface area contributed by atoms with Crippen LogP contribution in [0, 0.1) is 29.6 Å². The largest absolute Gasteiger partial charge is 0.0620 e. The Bertz CT molecular complexity index is 249. The monoisotopic (exact) mass is 248 g/mol. The molecule has 3 fully saturated rings. The Kier molecular flexibility index (Phi) is 4.31. The van der Waals surface area contributed by atoms with Crippen LogP contribution < -0.4 is 0 Å². The molecule has 0 aromatic carbocycles. The van der Waals surface area contributed by atoms with Crippen molar-refractivity contribution in [3.8, 4) is 0 Å². The first-order chi connectivity index (χ1) is 8.86. The van der Waals surface area contributed by atoms with E-state index in [4.69, 9.17) is 0 Å². The molecule has 3 rings (SSSR count). The van der Waals surface area contributed by atoms with Crippen molar-refractivity contribution in [2.45, 2.75) is 84.0 Å². The van der Waals surface area contributed by atoms with Crippen molar-refractivity contribution < 1.29 is 0 Å². The molecule has 2 unspecified atom stereocenters.